The Hall–Kier alpha value is -3.15. The van der Waals surface area contributed by atoms with Gasteiger partial charge < -0.3 is 15.2 Å². The second-order valence-corrected chi connectivity index (χ2v) is 6.88. The van der Waals surface area contributed by atoms with Gasteiger partial charge in [0, 0.05) is 17.9 Å². The smallest absolute Gasteiger partial charge is 0.308 e. The number of nitrogens with one attached hydrogen (secondary N) is 1. The van der Waals surface area contributed by atoms with Crippen molar-refractivity contribution in [3.05, 3.63) is 60.2 Å². The molecule has 0 radical (unpaired) electrons. The Balaban J connectivity index is 2.24. The van der Waals surface area contributed by atoms with E-state index < -0.39 is 42.6 Å². The number of rotatable bonds is 11. The van der Waals surface area contributed by atoms with Crippen molar-refractivity contribution in [2.45, 2.75) is 45.5 Å². The Bertz CT molecular complexity index is 996. The van der Waals surface area contributed by atoms with Gasteiger partial charge >= 0.3 is 11.9 Å². The highest BCUT2D eigenvalue weighted by Crippen LogP contribution is 2.21. The second kappa shape index (κ2) is 11.8. The highest BCUT2D eigenvalue weighted by atomic mass is 16.5. The van der Waals surface area contributed by atoms with E-state index in [-0.39, 0.29) is 19.4 Å². The van der Waals surface area contributed by atoms with Gasteiger partial charge in [-0.25, -0.2) is 0 Å². The third kappa shape index (κ3) is 7.70. The van der Waals surface area contributed by atoms with Crippen LogP contribution in [0.5, 0.6) is 0 Å². The summed E-state index contributed by atoms with van der Waals surface area (Å²) in [5, 5.41) is 11.5. The summed E-state index contributed by atoms with van der Waals surface area (Å²) in [5.41, 5.74) is 2.80. The van der Waals surface area contributed by atoms with Crippen molar-refractivity contribution >= 4 is 17.8 Å². The number of benzene rings is 2. The van der Waals surface area contributed by atoms with Gasteiger partial charge in [-0.15, -0.1) is 0 Å². The molecule has 2 aromatic rings. The number of carboxylic acid groups (broad SMARTS) is 1. The maximum absolute atomic E-state index is 12.6. The Kier molecular flexibility index (Phi) is 6.93. The molecule has 0 aliphatic heterocycles. The van der Waals surface area contributed by atoms with E-state index in [0.717, 1.165) is 16.7 Å². The van der Waals surface area contributed by atoms with Crippen LogP contribution >= 0.6 is 0 Å². The number of carbonyl (C=O) groups is 3. The number of amides is 1. The van der Waals surface area contributed by atoms with E-state index in [9.17, 15) is 14.4 Å². The Morgan fingerprint density at radius 3 is 2.27 bits per heavy atom. The first-order valence-corrected chi connectivity index (χ1v) is 9.75. The van der Waals surface area contributed by atoms with Gasteiger partial charge in [0.15, 0.2) is 0 Å². The van der Waals surface area contributed by atoms with Crippen LogP contribution in [-0.2, 0) is 25.5 Å². The van der Waals surface area contributed by atoms with Crippen molar-refractivity contribution in [1.82, 2.24) is 5.32 Å². The summed E-state index contributed by atoms with van der Waals surface area (Å²) < 4.78 is 35.6. The maximum atomic E-state index is 12.6. The molecule has 160 valence electrons. The number of hydrogen-bond acceptors (Lipinski definition) is 4. The van der Waals surface area contributed by atoms with Crippen LogP contribution in [0.2, 0.25) is 0 Å². The fraction of sp³-hybridized carbons (Fsp3) is 0.375. The molecule has 0 saturated heterocycles. The molecule has 2 N–H and O–H groups in total. The highest BCUT2D eigenvalue weighted by Gasteiger charge is 2.22. The van der Waals surface area contributed by atoms with Gasteiger partial charge in [0.1, 0.15) is 0 Å². The molecule has 0 bridgehead atoms. The minimum atomic E-state index is -3.44. The van der Waals surface area contributed by atoms with Gasteiger partial charge in [-0.05, 0) is 36.5 Å². The van der Waals surface area contributed by atoms with Gasteiger partial charge in [-0.3, -0.25) is 14.4 Å². The standard InChI is InChI=1S/C24H29NO5/c1-3-30-24(29)17(2)15-21(25-22(26)13-14-23(27)28)16-18-9-11-20(12-10-18)19-7-5-4-6-8-19/h4-12,17,21H,3,13-16H2,1-2H3,(H,25,26)(H,27,28)/t17-,21-/m0/s1/i13D2,14D2. The zero-order valence-electron chi connectivity index (χ0n) is 21.1. The molecule has 0 unspecified atom stereocenters. The average molecular weight is 416 g/mol. The summed E-state index contributed by atoms with van der Waals surface area (Å²) in [6, 6.07) is 16.4. The number of esters is 1. The van der Waals surface area contributed by atoms with Crippen LogP contribution in [0.1, 0.15) is 44.1 Å². The molecule has 0 aliphatic rings. The molecule has 0 aliphatic carbocycles. The monoisotopic (exact) mass is 415 g/mol. The number of carboxylic acids is 1. The minimum Gasteiger partial charge on any atom is -0.481 e. The zero-order chi connectivity index (χ0) is 25.5. The van der Waals surface area contributed by atoms with Crippen LogP contribution < -0.4 is 5.32 Å². The van der Waals surface area contributed by atoms with Crippen molar-refractivity contribution in [1.29, 1.82) is 0 Å². The van der Waals surface area contributed by atoms with Crippen LogP contribution in [0.15, 0.2) is 54.6 Å². The van der Waals surface area contributed by atoms with Gasteiger partial charge in [0.2, 0.25) is 5.91 Å². The summed E-state index contributed by atoms with van der Waals surface area (Å²) in [5.74, 6) is -4.59. The van der Waals surface area contributed by atoms with Crippen molar-refractivity contribution in [2.24, 2.45) is 5.92 Å². The van der Waals surface area contributed by atoms with Crippen LogP contribution in [0.3, 0.4) is 0 Å². The number of hydrogen-bond donors (Lipinski definition) is 2. The summed E-state index contributed by atoms with van der Waals surface area (Å²) in [6.07, 6.45) is -6.46. The van der Waals surface area contributed by atoms with Crippen LogP contribution in [0.4, 0.5) is 0 Å². The first-order chi connectivity index (χ1) is 15.9. The SMILES string of the molecule is [2H]C([2H])(C(=O)O)C([2H])([2H])C(=O)N[C@H](Cc1ccc(-c2ccccc2)cc1)C[C@H](C)C(=O)OCC. The Morgan fingerprint density at radius 2 is 1.67 bits per heavy atom. The molecule has 0 saturated carbocycles. The second-order valence-electron chi connectivity index (χ2n) is 6.88. The molecule has 0 aromatic heterocycles. The summed E-state index contributed by atoms with van der Waals surface area (Å²) >= 11 is 0. The first-order valence-electron chi connectivity index (χ1n) is 11.8. The fourth-order valence-corrected chi connectivity index (χ4v) is 3.08. The van der Waals surface area contributed by atoms with Gasteiger partial charge in [0.25, 0.3) is 0 Å². The quantitative estimate of drug-likeness (QED) is 0.544. The van der Waals surface area contributed by atoms with E-state index in [1.54, 1.807) is 13.8 Å². The van der Waals surface area contributed by atoms with Crippen LogP contribution in [0.25, 0.3) is 11.1 Å². The van der Waals surface area contributed by atoms with Gasteiger partial charge in [0.05, 0.1) is 18.9 Å². The first kappa shape index (κ1) is 17.7. The van der Waals surface area contributed by atoms with Crippen LogP contribution in [-0.4, -0.2) is 35.6 Å². The van der Waals surface area contributed by atoms with E-state index in [2.05, 4.69) is 5.32 Å². The molecule has 2 atom stereocenters. The third-order valence-electron chi connectivity index (χ3n) is 4.49. The molecular formula is C24H29NO5. The van der Waals surface area contributed by atoms with Crippen LogP contribution in [0, 0.1) is 5.92 Å². The molecule has 6 nitrogen and oxygen atoms in total. The normalized spacial score (nSPS) is 15.5. The van der Waals surface area contributed by atoms with E-state index in [0.29, 0.717) is 0 Å². The molecule has 0 spiro atoms. The lowest BCUT2D eigenvalue weighted by atomic mass is 9.94. The third-order valence-corrected chi connectivity index (χ3v) is 4.49. The predicted octanol–water partition coefficient (Wildman–Crippen LogP) is 3.84. The molecule has 2 aromatic carbocycles. The molecule has 2 rings (SSSR count). The van der Waals surface area contributed by atoms with Crippen molar-refractivity contribution in [2.75, 3.05) is 6.61 Å². The average Bonchev–Trinajstić information content (AvgIpc) is 2.79. The van der Waals surface area contributed by atoms with Crippen molar-refractivity contribution in [3.8, 4) is 11.1 Å². The number of carbonyl (C=O) groups excluding carboxylic acids is 2. The van der Waals surface area contributed by atoms with Gasteiger partial charge in [-0.1, -0.05) is 61.5 Å². The van der Waals surface area contributed by atoms with E-state index in [4.69, 9.17) is 15.3 Å². The predicted molar refractivity (Wildman–Crippen MR) is 115 cm³/mol. The summed E-state index contributed by atoms with van der Waals surface area (Å²) in [4.78, 5) is 35.9. The molecule has 0 heterocycles. The number of aliphatic carboxylic acids is 1. The minimum absolute atomic E-state index is 0.0944. The lowest BCUT2D eigenvalue weighted by molar-refractivity contribution is -0.148. The van der Waals surface area contributed by atoms with E-state index in [1.807, 2.05) is 54.6 Å². The maximum Gasteiger partial charge on any atom is 0.308 e. The Labute approximate surface area is 182 Å². The highest BCUT2D eigenvalue weighted by molar-refractivity contribution is 5.81. The summed E-state index contributed by atoms with van der Waals surface area (Å²) in [6.45, 7) is 3.46. The molecular weight excluding hydrogens is 382 g/mol. The van der Waals surface area contributed by atoms with Gasteiger partial charge in [-0.2, -0.15) is 0 Å². The van der Waals surface area contributed by atoms with Crippen molar-refractivity contribution < 1.29 is 29.7 Å². The largest absolute Gasteiger partial charge is 0.481 e. The summed E-state index contributed by atoms with van der Waals surface area (Å²) in [7, 11) is 0. The molecule has 30 heavy (non-hydrogen) atoms. The topological polar surface area (TPSA) is 92.7 Å². The zero-order valence-corrected chi connectivity index (χ0v) is 17.1. The molecule has 1 amide bonds. The lowest BCUT2D eigenvalue weighted by Crippen LogP contribution is -2.39. The number of ether oxygens (including phenoxy) is 1. The van der Waals surface area contributed by atoms with E-state index >= 15 is 0 Å². The van der Waals surface area contributed by atoms with E-state index in [1.165, 1.54) is 0 Å². The fourth-order valence-electron chi connectivity index (χ4n) is 3.08. The van der Waals surface area contributed by atoms with Crippen molar-refractivity contribution in [3.63, 3.8) is 0 Å². The Morgan fingerprint density at radius 1 is 1.03 bits per heavy atom. The lowest BCUT2D eigenvalue weighted by Gasteiger charge is -2.22. The molecule has 6 heteroatoms. The molecule has 0 fully saturated rings.